The van der Waals surface area contributed by atoms with Crippen molar-refractivity contribution in [3.63, 3.8) is 0 Å². The maximum absolute atomic E-state index is 12.8. The fourth-order valence-electron chi connectivity index (χ4n) is 2.77. The molecule has 0 saturated carbocycles. The highest BCUT2D eigenvalue weighted by atomic mass is 19.4. The molecule has 0 aliphatic rings. The summed E-state index contributed by atoms with van der Waals surface area (Å²) in [6.45, 7) is 0.251. The summed E-state index contributed by atoms with van der Waals surface area (Å²) in [5.41, 5.74) is 0.621. The van der Waals surface area contributed by atoms with Gasteiger partial charge in [0, 0.05) is 11.9 Å². The van der Waals surface area contributed by atoms with Gasteiger partial charge in [0.15, 0.2) is 5.52 Å². The Morgan fingerprint density at radius 3 is 2.45 bits per heavy atom. The van der Waals surface area contributed by atoms with Crippen molar-refractivity contribution in [3.8, 4) is 0 Å². The molecule has 0 spiro atoms. The number of aromatic nitrogens is 4. The minimum absolute atomic E-state index is 0.153. The van der Waals surface area contributed by atoms with Crippen LogP contribution in [-0.4, -0.2) is 19.5 Å². The number of nitrogens with one attached hydrogen (secondary N) is 1. The van der Waals surface area contributed by atoms with E-state index in [-0.39, 0.29) is 17.6 Å². The van der Waals surface area contributed by atoms with Crippen molar-refractivity contribution in [1.82, 2.24) is 19.5 Å². The predicted octanol–water partition coefficient (Wildman–Crippen LogP) is 4.00. The second-order valence-corrected chi connectivity index (χ2v) is 6.26. The highest BCUT2D eigenvalue weighted by Crippen LogP contribution is 2.30. The maximum Gasteiger partial charge on any atom is 0.416 e. The fraction of sp³-hybridized carbons (Fsp3) is 0.100. The quantitative estimate of drug-likeness (QED) is 0.564. The Morgan fingerprint density at radius 2 is 1.76 bits per heavy atom. The highest BCUT2D eigenvalue weighted by molar-refractivity contribution is 5.76. The van der Waals surface area contributed by atoms with Crippen LogP contribution in [0, 0.1) is 0 Å². The molecule has 9 heteroatoms. The summed E-state index contributed by atoms with van der Waals surface area (Å²) < 4.78 is 39.4. The Hall–Kier alpha value is -3.75. The normalized spacial score (nSPS) is 11.6. The minimum atomic E-state index is -4.40. The van der Waals surface area contributed by atoms with Gasteiger partial charge in [-0.15, -0.1) is 0 Å². The van der Waals surface area contributed by atoms with E-state index in [1.54, 1.807) is 30.5 Å². The van der Waals surface area contributed by atoms with Crippen molar-refractivity contribution >= 4 is 22.5 Å². The smallest absolute Gasteiger partial charge is 0.340 e. The number of nitrogens with zero attached hydrogens (tertiary/aromatic N) is 4. The number of benzene rings is 1. The largest absolute Gasteiger partial charge is 0.416 e. The number of anilines is 2. The lowest BCUT2D eigenvalue weighted by atomic mass is 10.2. The van der Waals surface area contributed by atoms with Crippen LogP contribution < -0.4 is 10.9 Å². The van der Waals surface area contributed by atoms with E-state index in [4.69, 9.17) is 0 Å². The summed E-state index contributed by atoms with van der Waals surface area (Å²) >= 11 is 0. The monoisotopic (exact) mass is 397 g/mol. The summed E-state index contributed by atoms with van der Waals surface area (Å²) in [5, 5.41) is 2.90. The van der Waals surface area contributed by atoms with Crippen LogP contribution in [0.15, 0.2) is 71.9 Å². The number of hydrogen-bond donors (Lipinski definition) is 1. The van der Waals surface area contributed by atoms with Crippen LogP contribution in [0.4, 0.5) is 24.7 Å². The van der Waals surface area contributed by atoms with Gasteiger partial charge in [-0.25, -0.2) is 9.97 Å². The molecule has 1 N–H and O–H groups in total. The van der Waals surface area contributed by atoms with Crippen molar-refractivity contribution in [2.45, 2.75) is 12.7 Å². The molecule has 0 saturated heterocycles. The number of pyridine rings is 2. The molecule has 0 unspecified atom stereocenters. The van der Waals surface area contributed by atoms with Crippen molar-refractivity contribution < 1.29 is 13.2 Å². The summed E-state index contributed by atoms with van der Waals surface area (Å²) in [4.78, 5) is 25.5. The fourth-order valence-corrected chi connectivity index (χ4v) is 2.77. The van der Waals surface area contributed by atoms with Crippen molar-refractivity contribution in [3.05, 3.63) is 88.7 Å². The number of fused-ring (bicyclic) bond motifs is 1. The Balaban J connectivity index is 1.63. The third-order valence-corrected chi connectivity index (χ3v) is 4.22. The van der Waals surface area contributed by atoms with Crippen LogP contribution in [0.1, 0.15) is 11.3 Å². The van der Waals surface area contributed by atoms with Crippen LogP contribution in [0.3, 0.4) is 0 Å². The van der Waals surface area contributed by atoms with Crippen LogP contribution in [-0.2, 0) is 12.7 Å². The Kier molecular flexibility index (Phi) is 4.71. The van der Waals surface area contributed by atoms with Gasteiger partial charge in [-0.3, -0.25) is 14.3 Å². The van der Waals surface area contributed by atoms with E-state index in [0.29, 0.717) is 22.7 Å². The first-order valence-corrected chi connectivity index (χ1v) is 8.60. The molecule has 0 atom stereocenters. The van der Waals surface area contributed by atoms with E-state index < -0.39 is 11.7 Å². The van der Waals surface area contributed by atoms with E-state index in [2.05, 4.69) is 20.3 Å². The molecule has 0 aliphatic heterocycles. The van der Waals surface area contributed by atoms with Gasteiger partial charge in [0.2, 0.25) is 0 Å². The molecule has 0 radical (unpaired) electrons. The third-order valence-electron chi connectivity index (χ3n) is 4.22. The summed E-state index contributed by atoms with van der Waals surface area (Å²) in [5.74, 6) is 0.326. The Labute approximate surface area is 162 Å². The summed E-state index contributed by atoms with van der Waals surface area (Å²) in [7, 11) is 0. The predicted molar refractivity (Wildman–Crippen MR) is 102 cm³/mol. The number of rotatable bonds is 4. The number of alkyl halides is 3. The van der Waals surface area contributed by atoms with E-state index in [9.17, 15) is 18.0 Å². The van der Waals surface area contributed by atoms with Crippen LogP contribution in [0.25, 0.3) is 11.0 Å². The average molecular weight is 397 g/mol. The lowest BCUT2D eigenvalue weighted by molar-refractivity contribution is -0.137. The van der Waals surface area contributed by atoms with E-state index in [1.165, 1.54) is 23.0 Å². The molecule has 0 fully saturated rings. The molecule has 6 nitrogen and oxygen atoms in total. The lowest BCUT2D eigenvalue weighted by Gasteiger charge is -2.10. The number of halogens is 3. The Morgan fingerprint density at radius 1 is 0.966 bits per heavy atom. The van der Waals surface area contributed by atoms with Gasteiger partial charge in [-0.1, -0.05) is 6.07 Å². The molecule has 4 rings (SSSR count). The molecule has 0 bridgehead atoms. The van der Waals surface area contributed by atoms with Crippen LogP contribution in [0.5, 0.6) is 0 Å². The molecular formula is C20H14F3N5O. The van der Waals surface area contributed by atoms with Crippen LogP contribution >= 0.6 is 0 Å². The zero-order valence-electron chi connectivity index (χ0n) is 14.9. The highest BCUT2D eigenvalue weighted by Gasteiger charge is 2.29. The second-order valence-electron chi connectivity index (χ2n) is 6.26. The lowest BCUT2D eigenvalue weighted by Crippen LogP contribution is -2.22. The average Bonchev–Trinajstić information content (AvgIpc) is 2.71. The minimum Gasteiger partial charge on any atom is -0.340 e. The molecule has 0 aliphatic carbocycles. The first kappa shape index (κ1) is 18.6. The van der Waals surface area contributed by atoms with E-state index in [1.807, 2.05) is 6.07 Å². The molecule has 29 heavy (non-hydrogen) atoms. The topological polar surface area (TPSA) is 72.7 Å². The SMILES string of the molecule is O=c1c2nc(Nc3ccc(C(F)(F)F)cc3)ccc2ncn1Cc1ccccn1. The molecular weight excluding hydrogens is 383 g/mol. The zero-order chi connectivity index (χ0) is 20.4. The van der Waals surface area contributed by atoms with Gasteiger partial charge in [-0.05, 0) is 48.5 Å². The summed E-state index contributed by atoms with van der Waals surface area (Å²) in [6, 6.07) is 13.2. The molecule has 146 valence electrons. The van der Waals surface area contributed by atoms with E-state index >= 15 is 0 Å². The molecule has 0 amide bonds. The maximum atomic E-state index is 12.8. The third kappa shape index (κ3) is 4.08. The number of hydrogen-bond acceptors (Lipinski definition) is 5. The van der Waals surface area contributed by atoms with Gasteiger partial charge in [0.05, 0.1) is 29.6 Å². The van der Waals surface area contributed by atoms with E-state index in [0.717, 1.165) is 12.1 Å². The molecule has 3 aromatic heterocycles. The Bertz CT molecular complexity index is 1200. The molecule has 1 aromatic carbocycles. The first-order valence-electron chi connectivity index (χ1n) is 8.60. The van der Waals surface area contributed by atoms with Crippen molar-refractivity contribution in [1.29, 1.82) is 0 Å². The molecule has 4 aromatic rings. The van der Waals surface area contributed by atoms with Gasteiger partial charge in [0.1, 0.15) is 5.82 Å². The van der Waals surface area contributed by atoms with Crippen molar-refractivity contribution in [2.24, 2.45) is 0 Å². The van der Waals surface area contributed by atoms with Gasteiger partial charge < -0.3 is 5.32 Å². The zero-order valence-corrected chi connectivity index (χ0v) is 14.9. The second kappa shape index (κ2) is 7.34. The van der Waals surface area contributed by atoms with Gasteiger partial charge in [0.25, 0.3) is 5.56 Å². The van der Waals surface area contributed by atoms with Crippen LogP contribution in [0.2, 0.25) is 0 Å². The van der Waals surface area contributed by atoms with Gasteiger partial charge in [-0.2, -0.15) is 13.2 Å². The summed E-state index contributed by atoms with van der Waals surface area (Å²) in [6.07, 6.45) is -1.33. The molecule has 3 heterocycles. The van der Waals surface area contributed by atoms with Gasteiger partial charge >= 0.3 is 6.18 Å². The first-order chi connectivity index (χ1) is 13.9. The van der Waals surface area contributed by atoms with Crippen molar-refractivity contribution in [2.75, 3.05) is 5.32 Å². The standard InChI is InChI=1S/C20H14F3N5O/c21-20(22,23)13-4-6-14(7-5-13)26-17-9-8-16-18(27-17)19(29)28(12-25-16)11-15-3-1-2-10-24-15/h1-10,12H,11H2,(H,26,27).